The molecule has 0 aliphatic carbocycles. The number of carbonyl (C=O) groups is 2. The summed E-state index contributed by atoms with van der Waals surface area (Å²) in [5, 5.41) is 28.2. The minimum atomic E-state index is -1.35. The average Bonchev–Trinajstić information content (AvgIpc) is 3.26. The normalized spacial score (nSPS) is 25.4. The Morgan fingerprint density at radius 1 is 1.24 bits per heavy atom. The molecule has 2 heterocycles. The first-order valence-electron chi connectivity index (χ1n) is 11.8. The molecule has 2 amide bonds. The van der Waals surface area contributed by atoms with E-state index in [0.717, 1.165) is 0 Å². The van der Waals surface area contributed by atoms with Gasteiger partial charge in [0.1, 0.15) is 11.2 Å². The van der Waals surface area contributed by atoms with E-state index in [0.29, 0.717) is 28.3 Å². The highest BCUT2D eigenvalue weighted by Crippen LogP contribution is 2.57. The molecule has 2 aromatic rings. The second-order valence-corrected chi connectivity index (χ2v) is 11.6. The van der Waals surface area contributed by atoms with E-state index in [4.69, 9.17) is 23.2 Å². The second kappa shape index (κ2) is 11.0. The third-order valence-corrected chi connectivity index (χ3v) is 7.44. The lowest BCUT2D eigenvalue weighted by Gasteiger charge is -2.37. The minimum absolute atomic E-state index is 0. The van der Waals surface area contributed by atoms with Crippen LogP contribution in [0.3, 0.4) is 0 Å². The van der Waals surface area contributed by atoms with E-state index >= 15 is 0 Å². The molecule has 0 radical (unpaired) electrons. The summed E-state index contributed by atoms with van der Waals surface area (Å²) in [6.45, 7) is 5.40. The van der Waals surface area contributed by atoms with Gasteiger partial charge in [-0.15, -0.1) is 12.4 Å². The molecule has 2 aliphatic heterocycles. The lowest BCUT2D eigenvalue weighted by molar-refractivity contribution is -0.124. The molecule has 37 heavy (non-hydrogen) atoms. The average molecular weight is 575 g/mol. The SMILES string of the molecule is CC(C)(C)C[C@H]1N[C@@H](C(=O)NC[C@H](O)CO)[C@H](c2cccc(Cl)c2)[C@@]12C(=O)Nc1cc(Cl)c(F)cc12.Cl. The van der Waals surface area contributed by atoms with Gasteiger partial charge in [0.25, 0.3) is 0 Å². The number of anilines is 1. The van der Waals surface area contributed by atoms with Gasteiger partial charge in [0.2, 0.25) is 11.8 Å². The smallest absolute Gasteiger partial charge is 0.237 e. The van der Waals surface area contributed by atoms with Crippen LogP contribution in [0.25, 0.3) is 0 Å². The first-order valence-corrected chi connectivity index (χ1v) is 12.5. The van der Waals surface area contributed by atoms with Crippen LogP contribution in [0.2, 0.25) is 10.0 Å². The molecule has 1 spiro atoms. The fourth-order valence-electron chi connectivity index (χ4n) is 5.53. The topological polar surface area (TPSA) is 111 Å². The molecule has 7 nitrogen and oxygen atoms in total. The maximum absolute atomic E-state index is 14.9. The molecule has 11 heteroatoms. The van der Waals surface area contributed by atoms with Crippen LogP contribution >= 0.6 is 35.6 Å². The van der Waals surface area contributed by atoms with Crippen molar-refractivity contribution in [2.24, 2.45) is 5.41 Å². The van der Waals surface area contributed by atoms with Crippen LogP contribution in [-0.2, 0) is 15.0 Å². The fourth-order valence-corrected chi connectivity index (χ4v) is 5.89. The van der Waals surface area contributed by atoms with E-state index in [9.17, 15) is 24.2 Å². The van der Waals surface area contributed by atoms with Crippen LogP contribution in [0.5, 0.6) is 0 Å². The highest BCUT2D eigenvalue weighted by molar-refractivity contribution is 6.31. The van der Waals surface area contributed by atoms with Crippen molar-refractivity contribution in [3.63, 3.8) is 0 Å². The number of nitrogens with one attached hydrogen (secondary N) is 3. The van der Waals surface area contributed by atoms with Gasteiger partial charge in [0.05, 0.1) is 23.8 Å². The first kappa shape index (κ1) is 29.6. The van der Waals surface area contributed by atoms with Gasteiger partial charge in [0, 0.05) is 29.2 Å². The fraction of sp³-hybridized carbons (Fsp3) is 0.462. The molecule has 0 aromatic heterocycles. The summed E-state index contributed by atoms with van der Waals surface area (Å²) >= 11 is 12.4. The van der Waals surface area contributed by atoms with Crippen LogP contribution in [-0.4, -0.2) is 53.4 Å². The van der Waals surface area contributed by atoms with E-state index in [-0.39, 0.29) is 35.3 Å². The second-order valence-electron chi connectivity index (χ2n) is 10.7. The summed E-state index contributed by atoms with van der Waals surface area (Å²) in [7, 11) is 0. The maximum atomic E-state index is 14.9. The number of carbonyl (C=O) groups excluding carboxylic acids is 2. The zero-order chi connectivity index (χ0) is 26.4. The van der Waals surface area contributed by atoms with Gasteiger partial charge >= 0.3 is 0 Å². The Labute approximate surface area is 231 Å². The third-order valence-electron chi connectivity index (χ3n) is 6.91. The van der Waals surface area contributed by atoms with Gasteiger partial charge in [-0.3, -0.25) is 9.59 Å². The van der Waals surface area contributed by atoms with Gasteiger partial charge in [-0.1, -0.05) is 56.1 Å². The van der Waals surface area contributed by atoms with Crippen molar-refractivity contribution < 1.29 is 24.2 Å². The molecule has 0 bridgehead atoms. The first-order chi connectivity index (χ1) is 16.9. The number of hydrogen-bond acceptors (Lipinski definition) is 5. The Balaban J connectivity index is 0.00000380. The number of aliphatic hydroxyl groups excluding tert-OH is 2. The summed E-state index contributed by atoms with van der Waals surface area (Å²) in [6.07, 6.45) is -0.643. The predicted octanol–water partition coefficient (Wildman–Crippen LogP) is 3.77. The monoisotopic (exact) mass is 573 g/mol. The van der Waals surface area contributed by atoms with Crippen molar-refractivity contribution in [3.8, 4) is 0 Å². The van der Waals surface area contributed by atoms with Gasteiger partial charge in [0.15, 0.2) is 0 Å². The van der Waals surface area contributed by atoms with E-state index in [1.165, 1.54) is 12.1 Å². The Morgan fingerprint density at radius 2 is 1.95 bits per heavy atom. The van der Waals surface area contributed by atoms with E-state index in [2.05, 4.69) is 16.0 Å². The molecule has 202 valence electrons. The highest BCUT2D eigenvalue weighted by Gasteiger charge is 2.65. The molecule has 5 N–H and O–H groups in total. The lowest BCUT2D eigenvalue weighted by Crippen LogP contribution is -2.49. The molecular formula is C26H31Cl3FN3O4. The van der Waals surface area contributed by atoms with E-state index in [1.807, 2.05) is 20.8 Å². The predicted molar refractivity (Wildman–Crippen MR) is 144 cm³/mol. The Bertz CT molecular complexity index is 1190. The van der Waals surface area contributed by atoms with Crippen LogP contribution in [0.1, 0.15) is 44.2 Å². The van der Waals surface area contributed by atoms with Crippen LogP contribution in [0.4, 0.5) is 10.1 Å². The van der Waals surface area contributed by atoms with Crippen molar-refractivity contribution in [2.45, 2.75) is 56.7 Å². The highest BCUT2D eigenvalue weighted by atomic mass is 35.5. The van der Waals surface area contributed by atoms with Crippen molar-refractivity contribution >= 4 is 53.1 Å². The van der Waals surface area contributed by atoms with Crippen LogP contribution in [0, 0.1) is 11.2 Å². The number of hydrogen-bond donors (Lipinski definition) is 5. The summed E-state index contributed by atoms with van der Waals surface area (Å²) in [5.74, 6) is -2.25. The van der Waals surface area contributed by atoms with Crippen molar-refractivity contribution in [1.82, 2.24) is 10.6 Å². The Morgan fingerprint density at radius 3 is 2.57 bits per heavy atom. The summed E-state index contributed by atoms with van der Waals surface area (Å²) < 4.78 is 14.9. The molecule has 5 atom stereocenters. The molecule has 0 unspecified atom stereocenters. The summed E-state index contributed by atoms with van der Waals surface area (Å²) in [5.41, 5.74) is -0.151. The van der Waals surface area contributed by atoms with E-state index in [1.54, 1.807) is 24.3 Å². The lowest BCUT2D eigenvalue weighted by atomic mass is 9.62. The zero-order valence-corrected chi connectivity index (χ0v) is 23.0. The van der Waals surface area contributed by atoms with Crippen molar-refractivity contribution in [3.05, 3.63) is 63.4 Å². The number of halogens is 4. The number of rotatable bonds is 6. The molecule has 0 saturated carbocycles. The van der Waals surface area contributed by atoms with Crippen molar-refractivity contribution in [1.29, 1.82) is 0 Å². The van der Waals surface area contributed by atoms with Gasteiger partial charge in [-0.2, -0.15) is 0 Å². The molecule has 1 fully saturated rings. The molecule has 4 rings (SSSR count). The minimum Gasteiger partial charge on any atom is -0.394 e. The Kier molecular flexibility index (Phi) is 8.84. The van der Waals surface area contributed by atoms with Gasteiger partial charge < -0.3 is 26.2 Å². The largest absolute Gasteiger partial charge is 0.394 e. The quantitative estimate of drug-likeness (QED) is 0.361. The number of amides is 2. The molecular weight excluding hydrogens is 544 g/mol. The molecule has 2 aromatic carbocycles. The molecule has 1 saturated heterocycles. The third kappa shape index (κ3) is 5.46. The van der Waals surface area contributed by atoms with Crippen LogP contribution < -0.4 is 16.0 Å². The number of aliphatic hydroxyl groups is 2. The van der Waals surface area contributed by atoms with Crippen molar-refractivity contribution in [2.75, 3.05) is 18.5 Å². The Hall–Kier alpha value is -1.94. The maximum Gasteiger partial charge on any atom is 0.237 e. The molecule has 2 aliphatic rings. The zero-order valence-electron chi connectivity index (χ0n) is 20.6. The van der Waals surface area contributed by atoms with Gasteiger partial charge in [-0.25, -0.2) is 4.39 Å². The summed E-state index contributed by atoms with van der Waals surface area (Å²) in [4.78, 5) is 27.5. The standard InChI is InChI=1S/C26H30Cl2FN3O4.ClH/c1-25(2,3)10-20-26(16-8-18(29)17(28)9-19(16)31-24(26)36)21(13-5-4-6-14(27)7-13)22(32-20)23(35)30-11-15(34)12-33;/h4-9,15,20-22,32-34H,10-12H2,1-3H3,(H,30,35)(H,31,36);1H/t15-,20+,21-,22+,26-;/m0./s1. The van der Waals surface area contributed by atoms with Gasteiger partial charge in [-0.05, 0) is 47.2 Å². The number of benzene rings is 2. The summed E-state index contributed by atoms with van der Waals surface area (Å²) in [6, 6.07) is 8.13. The van der Waals surface area contributed by atoms with Crippen LogP contribution in [0.15, 0.2) is 36.4 Å². The number of fused-ring (bicyclic) bond motifs is 2. The van der Waals surface area contributed by atoms with E-state index < -0.39 is 47.9 Å².